The number of hydrogen-bond donors (Lipinski definition) is 1. The van der Waals surface area contributed by atoms with Crippen LogP contribution in [0.15, 0.2) is 81.1 Å². The number of nitrogens with one attached hydrogen (secondary N) is 1. The van der Waals surface area contributed by atoms with Crippen LogP contribution in [0.25, 0.3) is 6.08 Å². The second-order valence-electron chi connectivity index (χ2n) is 8.80. The molecule has 0 spiro atoms. The molecule has 0 saturated carbocycles. The van der Waals surface area contributed by atoms with Gasteiger partial charge in [0.1, 0.15) is 5.76 Å². The third-order valence-corrected chi connectivity index (χ3v) is 9.60. The van der Waals surface area contributed by atoms with Crippen molar-refractivity contribution in [3.8, 4) is 0 Å². The molecule has 37 heavy (non-hydrogen) atoms. The first-order valence-electron chi connectivity index (χ1n) is 11.7. The smallest absolute Gasteiger partial charge is 0.246 e. The molecule has 2 heterocycles. The summed E-state index contributed by atoms with van der Waals surface area (Å²) in [7, 11) is -7.34. The second-order valence-corrected chi connectivity index (χ2v) is 12.5. The topological polar surface area (TPSA) is 117 Å². The molecule has 2 aromatic carbocycles. The van der Waals surface area contributed by atoms with Crippen LogP contribution in [-0.2, 0) is 31.4 Å². The highest BCUT2D eigenvalue weighted by atomic mass is 32.2. The summed E-state index contributed by atoms with van der Waals surface area (Å²) in [6.45, 7) is 4.74. The number of carbonyl (C=O) groups is 1. The zero-order valence-electron chi connectivity index (χ0n) is 20.6. The van der Waals surface area contributed by atoms with Gasteiger partial charge in [0.25, 0.3) is 0 Å². The van der Waals surface area contributed by atoms with E-state index in [-0.39, 0.29) is 43.5 Å². The Kier molecular flexibility index (Phi) is 7.98. The molecule has 0 atom stereocenters. The molecule has 1 saturated heterocycles. The Morgan fingerprint density at radius 3 is 2.30 bits per heavy atom. The van der Waals surface area contributed by atoms with Gasteiger partial charge in [-0.1, -0.05) is 29.8 Å². The average Bonchev–Trinajstić information content (AvgIpc) is 3.40. The second kappa shape index (κ2) is 11.0. The highest BCUT2D eigenvalue weighted by Gasteiger charge is 2.30. The van der Waals surface area contributed by atoms with E-state index < -0.39 is 20.0 Å². The molecule has 11 heteroatoms. The number of benzene rings is 2. The molecule has 3 aromatic rings. The Balaban J connectivity index is 1.32. The molecule has 0 unspecified atom stereocenters. The van der Waals surface area contributed by atoms with E-state index in [0.29, 0.717) is 21.8 Å². The highest BCUT2D eigenvalue weighted by Crippen LogP contribution is 2.22. The Hall–Kier alpha value is -3.25. The van der Waals surface area contributed by atoms with Gasteiger partial charge in [-0.25, -0.2) is 21.6 Å². The van der Waals surface area contributed by atoms with Gasteiger partial charge in [0.2, 0.25) is 26.0 Å². The van der Waals surface area contributed by atoms with Crippen LogP contribution in [0.5, 0.6) is 0 Å². The monoisotopic (exact) mass is 543 g/mol. The van der Waals surface area contributed by atoms with Crippen LogP contribution in [0.1, 0.15) is 22.5 Å². The molecular formula is C26H29N3O6S2. The van der Waals surface area contributed by atoms with Crippen LogP contribution >= 0.6 is 0 Å². The lowest BCUT2D eigenvalue weighted by Crippen LogP contribution is -2.50. The van der Waals surface area contributed by atoms with Gasteiger partial charge in [0.05, 0.1) is 22.6 Å². The largest absolute Gasteiger partial charge is 0.468 e. The average molecular weight is 544 g/mol. The van der Waals surface area contributed by atoms with Crippen LogP contribution in [0, 0.1) is 13.8 Å². The molecule has 196 valence electrons. The first-order chi connectivity index (χ1) is 17.6. The molecule has 1 aromatic heterocycles. The standard InChI is InChI=1S/C26H29N3O6S2/c1-20-5-11-25(21(2)18-20)37(33,34)29-15-13-28(14-16-29)26(30)12-8-22-6-9-24(10-7-22)36(31,32)27-19-23-4-3-17-35-23/h3-12,17-18,27H,13-16,19H2,1-2H3/b12-8+. The Morgan fingerprint density at radius 1 is 0.973 bits per heavy atom. The van der Waals surface area contributed by atoms with Gasteiger partial charge in [-0.05, 0) is 61.4 Å². The highest BCUT2D eigenvalue weighted by molar-refractivity contribution is 7.89. The summed E-state index contributed by atoms with van der Waals surface area (Å²) in [6.07, 6.45) is 4.49. The number of hydrogen-bond acceptors (Lipinski definition) is 6. The first-order valence-corrected chi connectivity index (χ1v) is 14.6. The van der Waals surface area contributed by atoms with Gasteiger partial charge in [-0.2, -0.15) is 4.31 Å². The predicted octanol–water partition coefficient (Wildman–Crippen LogP) is 2.92. The van der Waals surface area contributed by atoms with E-state index in [0.717, 1.165) is 5.56 Å². The minimum atomic E-state index is -3.71. The number of aryl methyl sites for hydroxylation is 2. The fourth-order valence-corrected chi connectivity index (χ4v) is 6.69. The number of amides is 1. The van der Waals surface area contributed by atoms with Crippen LogP contribution in [0.4, 0.5) is 0 Å². The molecule has 0 radical (unpaired) electrons. The maximum absolute atomic E-state index is 13.1. The van der Waals surface area contributed by atoms with Crippen molar-refractivity contribution in [1.29, 1.82) is 0 Å². The number of carbonyl (C=O) groups excluding carboxylic acids is 1. The van der Waals surface area contributed by atoms with Gasteiger partial charge in [-0.15, -0.1) is 0 Å². The molecule has 1 amide bonds. The van der Waals surface area contributed by atoms with E-state index in [2.05, 4.69) is 4.72 Å². The van der Waals surface area contributed by atoms with E-state index in [1.807, 2.05) is 13.0 Å². The van der Waals surface area contributed by atoms with Crippen LogP contribution in [-0.4, -0.2) is 58.1 Å². The molecular weight excluding hydrogens is 514 g/mol. The molecule has 1 N–H and O–H groups in total. The summed E-state index contributed by atoms with van der Waals surface area (Å²) in [5.74, 6) is 0.269. The Morgan fingerprint density at radius 2 is 1.68 bits per heavy atom. The van der Waals surface area contributed by atoms with Crippen LogP contribution in [0.3, 0.4) is 0 Å². The molecule has 4 rings (SSSR count). The zero-order chi connectivity index (χ0) is 26.6. The summed E-state index contributed by atoms with van der Waals surface area (Å²) in [4.78, 5) is 14.7. The molecule has 1 fully saturated rings. The number of piperazine rings is 1. The summed E-state index contributed by atoms with van der Waals surface area (Å²) >= 11 is 0. The van der Waals surface area contributed by atoms with E-state index in [4.69, 9.17) is 4.42 Å². The quantitative estimate of drug-likeness (QED) is 0.437. The Bertz CT molecular complexity index is 1490. The number of nitrogens with zero attached hydrogens (tertiary/aromatic N) is 2. The first kappa shape index (κ1) is 26.8. The lowest BCUT2D eigenvalue weighted by atomic mass is 10.2. The minimum absolute atomic E-state index is 0.0463. The minimum Gasteiger partial charge on any atom is -0.468 e. The van der Waals surface area contributed by atoms with Gasteiger partial charge in [0, 0.05) is 32.3 Å². The van der Waals surface area contributed by atoms with Gasteiger partial charge in [0.15, 0.2) is 0 Å². The third kappa shape index (κ3) is 6.37. The van der Waals surface area contributed by atoms with E-state index >= 15 is 0 Å². The van der Waals surface area contributed by atoms with Gasteiger partial charge >= 0.3 is 0 Å². The lowest BCUT2D eigenvalue weighted by Gasteiger charge is -2.33. The summed E-state index contributed by atoms with van der Waals surface area (Å²) < 4.78 is 60.1. The molecule has 1 aliphatic heterocycles. The molecule has 0 aliphatic carbocycles. The summed E-state index contributed by atoms with van der Waals surface area (Å²) in [6, 6.07) is 14.8. The zero-order valence-corrected chi connectivity index (χ0v) is 22.3. The third-order valence-electron chi connectivity index (χ3n) is 6.12. The molecule has 1 aliphatic rings. The predicted molar refractivity (Wildman–Crippen MR) is 139 cm³/mol. The van der Waals surface area contributed by atoms with E-state index in [1.54, 1.807) is 54.3 Å². The van der Waals surface area contributed by atoms with Crippen LogP contribution < -0.4 is 4.72 Å². The van der Waals surface area contributed by atoms with E-state index in [1.165, 1.54) is 28.8 Å². The van der Waals surface area contributed by atoms with Crippen molar-refractivity contribution < 1.29 is 26.0 Å². The maximum Gasteiger partial charge on any atom is 0.246 e. The van der Waals surface area contributed by atoms with Crippen molar-refractivity contribution >= 4 is 32.0 Å². The van der Waals surface area contributed by atoms with Gasteiger partial charge < -0.3 is 9.32 Å². The fraction of sp³-hybridized carbons (Fsp3) is 0.269. The number of rotatable bonds is 8. The van der Waals surface area contributed by atoms with Gasteiger partial charge in [-0.3, -0.25) is 4.79 Å². The van der Waals surface area contributed by atoms with E-state index in [9.17, 15) is 21.6 Å². The van der Waals surface area contributed by atoms with Crippen molar-refractivity contribution in [1.82, 2.24) is 13.9 Å². The van der Waals surface area contributed by atoms with Crippen LogP contribution in [0.2, 0.25) is 0 Å². The van der Waals surface area contributed by atoms with Crippen molar-refractivity contribution in [2.45, 2.75) is 30.2 Å². The molecule has 9 nitrogen and oxygen atoms in total. The number of furan rings is 1. The normalized spacial score (nSPS) is 15.4. The van der Waals surface area contributed by atoms with Crippen molar-refractivity contribution in [2.75, 3.05) is 26.2 Å². The summed E-state index contributed by atoms with van der Waals surface area (Å²) in [5.41, 5.74) is 2.36. The van der Waals surface area contributed by atoms with Crippen molar-refractivity contribution in [3.05, 3.63) is 89.4 Å². The SMILES string of the molecule is Cc1ccc(S(=O)(=O)N2CCN(C(=O)/C=C/c3ccc(S(=O)(=O)NCc4ccco4)cc3)CC2)c(C)c1. The Labute approximate surface area is 217 Å². The van der Waals surface area contributed by atoms with Crippen molar-refractivity contribution in [2.24, 2.45) is 0 Å². The lowest BCUT2D eigenvalue weighted by molar-refractivity contribution is -0.127. The van der Waals surface area contributed by atoms with Crippen molar-refractivity contribution in [3.63, 3.8) is 0 Å². The maximum atomic E-state index is 13.1. The number of sulfonamides is 2. The fourth-order valence-electron chi connectivity index (χ4n) is 4.07. The summed E-state index contributed by atoms with van der Waals surface area (Å²) in [5, 5.41) is 0. The molecule has 0 bridgehead atoms.